The van der Waals surface area contributed by atoms with Crippen molar-refractivity contribution in [3.8, 4) is 0 Å². The second-order valence-electron chi connectivity index (χ2n) is 7.53. The van der Waals surface area contributed by atoms with E-state index >= 15 is 0 Å². The van der Waals surface area contributed by atoms with Crippen molar-refractivity contribution in [2.24, 2.45) is 5.92 Å². The lowest BCUT2D eigenvalue weighted by molar-refractivity contribution is -0.114. The van der Waals surface area contributed by atoms with Gasteiger partial charge < -0.3 is 10.2 Å². The molecule has 1 N–H and O–H groups in total. The molecule has 0 spiro atoms. The van der Waals surface area contributed by atoms with Crippen molar-refractivity contribution >= 4 is 34.6 Å². The molecule has 4 rings (SSSR count). The van der Waals surface area contributed by atoms with Crippen LogP contribution in [0.5, 0.6) is 0 Å². The number of hydrogen-bond donors (Lipinski definition) is 1. The third-order valence-electron chi connectivity index (χ3n) is 5.55. The van der Waals surface area contributed by atoms with Crippen molar-refractivity contribution in [1.29, 1.82) is 0 Å². The Labute approximate surface area is 168 Å². The highest BCUT2D eigenvalue weighted by Gasteiger charge is 2.44. The van der Waals surface area contributed by atoms with Crippen molar-refractivity contribution in [2.45, 2.75) is 26.2 Å². The Morgan fingerprint density at radius 2 is 1.62 bits per heavy atom. The molecule has 0 bridgehead atoms. The topological polar surface area (TPSA) is 83.6 Å². The first kappa shape index (κ1) is 19.1. The summed E-state index contributed by atoms with van der Waals surface area (Å²) in [7, 11) is 0. The number of hydrogen-bond acceptors (Lipinski definition) is 5. The van der Waals surface area contributed by atoms with Crippen molar-refractivity contribution in [3.63, 3.8) is 0 Å². The SMILES string of the molecule is CC(=O)Nc1cccc2c1C(=O)C(C(=O)c1ccc(N3CCCCC3)cc1)C2=O. The van der Waals surface area contributed by atoms with Crippen LogP contribution in [0.3, 0.4) is 0 Å². The summed E-state index contributed by atoms with van der Waals surface area (Å²) >= 11 is 0. The molecule has 0 saturated carbocycles. The number of nitrogens with zero attached hydrogens (tertiary/aromatic N) is 1. The van der Waals surface area contributed by atoms with Gasteiger partial charge in [-0.2, -0.15) is 0 Å². The first-order valence-corrected chi connectivity index (χ1v) is 9.85. The highest BCUT2D eigenvalue weighted by Crippen LogP contribution is 2.34. The van der Waals surface area contributed by atoms with Gasteiger partial charge >= 0.3 is 0 Å². The standard InChI is InChI=1S/C23H22N2O4/c1-14(26)24-18-7-5-6-17-19(18)23(29)20(22(17)28)21(27)15-8-10-16(11-9-15)25-12-3-2-4-13-25/h5-11,20H,2-4,12-13H2,1H3,(H,24,26). The van der Waals surface area contributed by atoms with Gasteiger partial charge in [0.1, 0.15) is 5.92 Å². The minimum Gasteiger partial charge on any atom is -0.372 e. The first-order valence-electron chi connectivity index (χ1n) is 9.85. The number of anilines is 2. The molecule has 1 aliphatic carbocycles. The Hall–Kier alpha value is -3.28. The minimum absolute atomic E-state index is 0.121. The van der Waals surface area contributed by atoms with Gasteiger partial charge in [-0.15, -0.1) is 0 Å². The van der Waals surface area contributed by atoms with Gasteiger partial charge in [0.05, 0.1) is 11.3 Å². The zero-order valence-electron chi connectivity index (χ0n) is 16.2. The summed E-state index contributed by atoms with van der Waals surface area (Å²) in [5.41, 5.74) is 1.96. The molecule has 2 aromatic rings. The number of carbonyl (C=O) groups is 4. The molecule has 148 valence electrons. The van der Waals surface area contributed by atoms with Crippen LogP contribution in [-0.2, 0) is 4.79 Å². The van der Waals surface area contributed by atoms with Crippen molar-refractivity contribution in [2.75, 3.05) is 23.3 Å². The summed E-state index contributed by atoms with van der Waals surface area (Å²) in [4.78, 5) is 52.5. The van der Waals surface area contributed by atoms with Gasteiger partial charge in [0.2, 0.25) is 5.91 Å². The molecule has 29 heavy (non-hydrogen) atoms. The summed E-state index contributed by atoms with van der Waals surface area (Å²) in [6, 6.07) is 11.8. The van der Waals surface area contributed by atoms with E-state index in [1.807, 2.05) is 12.1 Å². The Kier molecular flexibility index (Phi) is 5.01. The molecular weight excluding hydrogens is 368 g/mol. The number of ketones is 3. The smallest absolute Gasteiger partial charge is 0.221 e. The fraction of sp³-hybridized carbons (Fsp3) is 0.304. The van der Waals surface area contributed by atoms with Crippen LogP contribution in [0.25, 0.3) is 0 Å². The quantitative estimate of drug-likeness (QED) is 0.638. The molecule has 6 heteroatoms. The van der Waals surface area contributed by atoms with Gasteiger partial charge in [0.15, 0.2) is 17.3 Å². The molecule has 1 fully saturated rings. The number of carbonyl (C=O) groups excluding carboxylic acids is 4. The number of nitrogens with one attached hydrogen (secondary N) is 1. The molecule has 1 atom stereocenters. The molecule has 1 heterocycles. The van der Waals surface area contributed by atoms with E-state index in [2.05, 4.69) is 10.2 Å². The Morgan fingerprint density at radius 3 is 2.28 bits per heavy atom. The lowest BCUT2D eigenvalue weighted by Crippen LogP contribution is -2.29. The Bertz CT molecular complexity index is 1000. The second kappa shape index (κ2) is 7.62. The fourth-order valence-electron chi connectivity index (χ4n) is 4.13. The summed E-state index contributed by atoms with van der Waals surface area (Å²) in [5.74, 6) is -3.31. The van der Waals surface area contributed by atoms with Crippen LogP contribution in [-0.4, -0.2) is 36.3 Å². The van der Waals surface area contributed by atoms with Crippen LogP contribution in [0.1, 0.15) is 57.3 Å². The van der Waals surface area contributed by atoms with Crippen LogP contribution in [0, 0.1) is 5.92 Å². The largest absolute Gasteiger partial charge is 0.372 e. The lowest BCUT2D eigenvalue weighted by atomic mass is 9.93. The van der Waals surface area contributed by atoms with E-state index in [4.69, 9.17) is 0 Å². The van der Waals surface area contributed by atoms with E-state index in [9.17, 15) is 19.2 Å². The van der Waals surface area contributed by atoms with Crippen LogP contribution in [0.4, 0.5) is 11.4 Å². The number of amides is 1. The first-order chi connectivity index (χ1) is 14.0. The third-order valence-corrected chi connectivity index (χ3v) is 5.55. The predicted octanol–water partition coefficient (Wildman–Crippen LogP) is 3.51. The van der Waals surface area contributed by atoms with E-state index in [1.54, 1.807) is 24.3 Å². The molecule has 0 aromatic heterocycles. The fourth-order valence-corrected chi connectivity index (χ4v) is 4.13. The third kappa shape index (κ3) is 3.46. The molecular formula is C23H22N2O4. The van der Waals surface area contributed by atoms with E-state index < -0.39 is 23.3 Å². The summed E-state index contributed by atoms with van der Waals surface area (Å²) in [6.07, 6.45) is 3.54. The van der Waals surface area contributed by atoms with Gasteiger partial charge in [-0.05, 0) is 49.6 Å². The minimum atomic E-state index is -1.39. The van der Waals surface area contributed by atoms with Gasteiger partial charge in [-0.25, -0.2) is 0 Å². The van der Waals surface area contributed by atoms with Gasteiger partial charge in [0.25, 0.3) is 0 Å². The summed E-state index contributed by atoms with van der Waals surface area (Å²) < 4.78 is 0. The molecule has 2 aromatic carbocycles. The van der Waals surface area contributed by atoms with Crippen molar-refractivity contribution in [1.82, 2.24) is 0 Å². The molecule has 1 unspecified atom stereocenters. The number of rotatable bonds is 4. The number of Topliss-reactive ketones (excluding diaryl/α,β-unsaturated/α-hetero) is 3. The molecule has 1 amide bonds. The number of benzene rings is 2. The number of fused-ring (bicyclic) bond motifs is 1. The maximum Gasteiger partial charge on any atom is 0.221 e. The van der Waals surface area contributed by atoms with Crippen molar-refractivity contribution < 1.29 is 19.2 Å². The van der Waals surface area contributed by atoms with Crippen LogP contribution >= 0.6 is 0 Å². The molecule has 0 radical (unpaired) electrons. The van der Waals surface area contributed by atoms with E-state index in [-0.39, 0.29) is 22.7 Å². The summed E-state index contributed by atoms with van der Waals surface area (Å²) in [5, 5.41) is 2.57. The predicted molar refractivity (Wildman–Crippen MR) is 110 cm³/mol. The highest BCUT2D eigenvalue weighted by molar-refractivity contribution is 6.39. The number of piperidine rings is 1. The Balaban J connectivity index is 1.60. The maximum absolute atomic E-state index is 13.0. The zero-order valence-corrected chi connectivity index (χ0v) is 16.2. The normalized spacial score (nSPS) is 18.5. The van der Waals surface area contributed by atoms with Crippen LogP contribution < -0.4 is 10.2 Å². The van der Waals surface area contributed by atoms with E-state index in [1.165, 1.54) is 19.4 Å². The zero-order chi connectivity index (χ0) is 20.5. The van der Waals surface area contributed by atoms with E-state index in [0.717, 1.165) is 31.6 Å². The van der Waals surface area contributed by atoms with Gasteiger partial charge in [0, 0.05) is 36.8 Å². The highest BCUT2D eigenvalue weighted by atomic mass is 16.2. The second-order valence-corrected chi connectivity index (χ2v) is 7.53. The van der Waals surface area contributed by atoms with Gasteiger partial charge in [-0.3, -0.25) is 19.2 Å². The van der Waals surface area contributed by atoms with Crippen molar-refractivity contribution in [3.05, 3.63) is 59.2 Å². The molecule has 1 aliphatic heterocycles. The molecule has 1 saturated heterocycles. The Morgan fingerprint density at radius 1 is 0.931 bits per heavy atom. The van der Waals surface area contributed by atoms with E-state index in [0.29, 0.717) is 5.56 Å². The molecule has 6 nitrogen and oxygen atoms in total. The van der Waals surface area contributed by atoms with Crippen LogP contribution in [0.2, 0.25) is 0 Å². The van der Waals surface area contributed by atoms with Gasteiger partial charge in [-0.1, -0.05) is 12.1 Å². The average molecular weight is 390 g/mol. The lowest BCUT2D eigenvalue weighted by Gasteiger charge is -2.28. The maximum atomic E-state index is 13.0. The molecule has 2 aliphatic rings. The summed E-state index contributed by atoms with van der Waals surface area (Å²) in [6.45, 7) is 3.31. The average Bonchev–Trinajstić information content (AvgIpc) is 2.99. The van der Waals surface area contributed by atoms with Crippen LogP contribution in [0.15, 0.2) is 42.5 Å². The monoisotopic (exact) mass is 390 g/mol.